The van der Waals surface area contributed by atoms with Crippen molar-refractivity contribution in [3.8, 4) is 0 Å². The summed E-state index contributed by atoms with van der Waals surface area (Å²) >= 11 is 0. The van der Waals surface area contributed by atoms with E-state index in [2.05, 4.69) is 10.3 Å². The van der Waals surface area contributed by atoms with Gasteiger partial charge in [0.15, 0.2) is 0 Å². The van der Waals surface area contributed by atoms with Gasteiger partial charge in [-0.2, -0.15) is 0 Å². The Labute approximate surface area is 110 Å². The van der Waals surface area contributed by atoms with Crippen molar-refractivity contribution in [3.05, 3.63) is 23.9 Å². The summed E-state index contributed by atoms with van der Waals surface area (Å²) < 4.78 is 0. The minimum Gasteiger partial charge on any atom is -0.478 e. The summed E-state index contributed by atoms with van der Waals surface area (Å²) in [4.78, 5) is 28.8. The minimum atomic E-state index is -1.01. The molecular weight excluding hydrogens is 246 g/mol. The lowest BCUT2D eigenvalue weighted by molar-refractivity contribution is -0.121. The summed E-state index contributed by atoms with van der Waals surface area (Å²) in [6.45, 7) is 2.40. The van der Waals surface area contributed by atoms with E-state index in [0.717, 1.165) is 19.5 Å². The smallest absolute Gasteiger partial charge is 0.337 e. The molecule has 0 radical (unpaired) electrons. The van der Waals surface area contributed by atoms with Crippen LogP contribution in [0.25, 0.3) is 0 Å². The van der Waals surface area contributed by atoms with Gasteiger partial charge in [-0.1, -0.05) is 0 Å². The third-order valence-electron chi connectivity index (χ3n) is 3.88. The molecule has 19 heavy (non-hydrogen) atoms. The molecule has 1 aromatic rings. The van der Waals surface area contributed by atoms with E-state index < -0.39 is 5.97 Å². The first-order valence-corrected chi connectivity index (χ1v) is 6.38. The number of hydrogen-bond acceptors (Lipinski definition) is 4. The van der Waals surface area contributed by atoms with Gasteiger partial charge < -0.3 is 10.4 Å². The highest BCUT2D eigenvalue weighted by atomic mass is 16.4. The zero-order valence-electron chi connectivity index (χ0n) is 10.4. The van der Waals surface area contributed by atoms with Crippen molar-refractivity contribution in [3.63, 3.8) is 0 Å². The van der Waals surface area contributed by atoms with Crippen LogP contribution in [0.4, 0.5) is 5.82 Å². The quantitative estimate of drug-likeness (QED) is 0.802. The van der Waals surface area contributed by atoms with E-state index in [1.54, 1.807) is 11.0 Å². The Bertz CT molecular complexity index is 514. The lowest BCUT2D eigenvalue weighted by Gasteiger charge is -2.22. The molecule has 2 aliphatic heterocycles. The highest BCUT2D eigenvalue weighted by Gasteiger charge is 2.42. The highest BCUT2D eigenvalue weighted by Crippen LogP contribution is 2.32. The van der Waals surface area contributed by atoms with Crippen LogP contribution in [0.3, 0.4) is 0 Å². The first-order chi connectivity index (χ1) is 9.16. The van der Waals surface area contributed by atoms with Gasteiger partial charge >= 0.3 is 5.97 Å². The molecule has 0 saturated carbocycles. The number of hydrogen-bond donors (Lipinski definition) is 2. The Kier molecular flexibility index (Phi) is 2.94. The van der Waals surface area contributed by atoms with E-state index in [-0.39, 0.29) is 17.4 Å². The lowest BCUT2D eigenvalue weighted by atomic mass is 9.89. The molecule has 100 valence electrons. The number of aromatic nitrogens is 1. The summed E-state index contributed by atoms with van der Waals surface area (Å²) in [5.41, 5.74) is 0.134. The summed E-state index contributed by atoms with van der Waals surface area (Å²) in [5.74, 6) is 0.0699. The average molecular weight is 261 g/mol. The van der Waals surface area contributed by atoms with Crippen LogP contribution in [-0.2, 0) is 4.79 Å². The molecule has 6 heteroatoms. The second-order valence-electron chi connectivity index (χ2n) is 5.02. The van der Waals surface area contributed by atoms with Gasteiger partial charge in [-0.3, -0.25) is 9.69 Å². The standard InChI is InChI=1S/C13H15N3O3/c17-12-10-3-4-14-5-9(10)7-16(12)11-2-1-8(6-15-11)13(18)19/h1-2,6,9-10,14H,3-5,7H2,(H,18,19)/t9-,10-/m0/s1. The van der Waals surface area contributed by atoms with Crippen molar-refractivity contribution >= 4 is 17.7 Å². The maximum atomic E-state index is 12.3. The fraction of sp³-hybridized carbons (Fsp3) is 0.462. The number of aromatic carboxylic acids is 1. The van der Waals surface area contributed by atoms with Gasteiger partial charge in [0.1, 0.15) is 5.82 Å². The van der Waals surface area contributed by atoms with Gasteiger partial charge in [0.05, 0.1) is 5.56 Å². The number of carbonyl (C=O) groups is 2. The summed E-state index contributed by atoms with van der Waals surface area (Å²) in [7, 11) is 0. The highest BCUT2D eigenvalue weighted by molar-refractivity contribution is 5.97. The fourth-order valence-corrected chi connectivity index (χ4v) is 2.84. The Morgan fingerprint density at radius 3 is 2.95 bits per heavy atom. The number of piperidine rings is 1. The van der Waals surface area contributed by atoms with Crippen LogP contribution < -0.4 is 10.2 Å². The van der Waals surface area contributed by atoms with Gasteiger partial charge in [0.2, 0.25) is 5.91 Å². The van der Waals surface area contributed by atoms with Crippen LogP contribution in [0.2, 0.25) is 0 Å². The van der Waals surface area contributed by atoms with Crippen molar-refractivity contribution in [2.75, 3.05) is 24.5 Å². The van der Waals surface area contributed by atoms with E-state index in [1.807, 2.05) is 0 Å². The number of amides is 1. The van der Waals surface area contributed by atoms with E-state index in [9.17, 15) is 9.59 Å². The first kappa shape index (κ1) is 12.1. The maximum absolute atomic E-state index is 12.3. The SMILES string of the molecule is O=C(O)c1ccc(N2C[C@@H]3CNCC[C@@H]3C2=O)nc1. The molecule has 0 aliphatic carbocycles. The van der Waals surface area contributed by atoms with Crippen LogP contribution >= 0.6 is 0 Å². The normalized spacial score (nSPS) is 26.3. The number of rotatable bonds is 2. The number of carboxylic acids is 1. The minimum absolute atomic E-state index is 0.0854. The molecular formula is C13H15N3O3. The molecule has 2 N–H and O–H groups in total. The number of nitrogens with zero attached hydrogens (tertiary/aromatic N) is 2. The number of pyridine rings is 1. The molecule has 0 aromatic carbocycles. The van der Waals surface area contributed by atoms with Crippen LogP contribution in [0, 0.1) is 11.8 Å². The molecule has 6 nitrogen and oxygen atoms in total. The number of fused-ring (bicyclic) bond motifs is 1. The molecule has 0 spiro atoms. The number of carbonyl (C=O) groups excluding carboxylic acids is 1. The third kappa shape index (κ3) is 2.08. The largest absolute Gasteiger partial charge is 0.478 e. The Morgan fingerprint density at radius 1 is 1.47 bits per heavy atom. The molecule has 2 atom stereocenters. The Hall–Kier alpha value is -1.95. The molecule has 0 bridgehead atoms. The van der Waals surface area contributed by atoms with Crippen LogP contribution in [-0.4, -0.2) is 41.6 Å². The van der Waals surface area contributed by atoms with Crippen LogP contribution in [0.1, 0.15) is 16.8 Å². The number of carboxylic acid groups (broad SMARTS) is 1. The molecule has 2 fully saturated rings. The molecule has 2 aliphatic rings. The summed E-state index contributed by atoms with van der Waals surface area (Å²) in [6, 6.07) is 3.09. The predicted octanol–water partition coefficient (Wildman–Crippen LogP) is 0.352. The Morgan fingerprint density at radius 2 is 2.32 bits per heavy atom. The monoisotopic (exact) mass is 261 g/mol. The number of anilines is 1. The van der Waals surface area contributed by atoms with Gasteiger partial charge in [-0.15, -0.1) is 0 Å². The second kappa shape index (κ2) is 4.62. The van der Waals surface area contributed by atoms with Crippen LogP contribution in [0.15, 0.2) is 18.3 Å². The number of nitrogens with one attached hydrogen (secondary N) is 1. The molecule has 3 rings (SSSR count). The lowest BCUT2D eigenvalue weighted by Crippen LogP contribution is -2.36. The topological polar surface area (TPSA) is 82.5 Å². The van der Waals surface area contributed by atoms with Crippen molar-refractivity contribution < 1.29 is 14.7 Å². The van der Waals surface area contributed by atoms with Gasteiger partial charge in [0, 0.05) is 31.1 Å². The second-order valence-corrected chi connectivity index (χ2v) is 5.02. The molecule has 1 amide bonds. The zero-order valence-corrected chi connectivity index (χ0v) is 10.4. The molecule has 3 heterocycles. The maximum Gasteiger partial charge on any atom is 0.337 e. The van der Waals surface area contributed by atoms with Crippen molar-refractivity contribution in [1.29, 1.82) is 0 Å². The van der Waals surface area contributed by atoms with Crippen molar-refractivity contribution in [2.24, 2.45) is 11.8 Å². The summed E-state index contributed by atoms with van der Waals surface area (Å²) in [5, 5.41) is 12.1. The van der Waals surface area contributed by atoms with Gasteiger partial charge in [-0.05, 0) is 25.1 Å². The average Bonchev–Trinajstić information content (AvgIpc) is 2.77. The van der Waals surface area contributed by atoms with Crippen molar-refractivity contribution in [2.45, 2.75) is 6.42 Å². The Balaban J connectivity index is 1.82. The van der Waals surface area contributed by atoms with Crippen molar-refractivity contribution in [1.82, 2.24) is 10.3 Å². The summed E-state index contributed by atoms with van der Waals surface area (Å²) in [6.07, 6.45) is 2.17. The third-order valence-corrected chi connectivity index (χ3v) is 3.88. The molecule has 0 unspecified atom stereocenters. The predicted molar refractivity (Wildman–Crippen MR) is 68.0 cm³/mol. The molecule has 1 aromatic heterocycles. The first-order valence-electron chi connectivity index (χ1n) is 6.38. The van der Waals surface area contributed by atoms with Gasteiger partial charge in [-0.25, -0.2) is 9.78 Å². The van der Waals surface area contributed by atoms with E-state index in [4.69, 9.17) is 5.11 Å². The van der Waals surface area contributed by atoms with E-state index in [0.29, 0.717) is 18.3 Å². The molecule has 2 saturated heterocycles. The van der Waals surface area contributed by atoms with E-state index in [1.165, 1.54) is 12.3 Å². The van der Waals surface area contributed by atoms with E-state index >= 15 is 0 Å². The van der Waals surface area contributed by atoms with Crippen LogP contribution in [0.5, 0.6) is 0 Å². The van der Waals surface area contributed by atoms with Gasteiger partial charge in [0.25, 0.3) is 0 Å². The fourth-order valence-electron chi connectivity index (χ4n) is 2.84. The zero-order chi connectivity index (χ0) is 13.4.